The van der Waals surface area contributed by atoms with Gasteiger partial charge in [-0.1, -0.05) is 26.2 Å². The summed E-state index contributed by atoms with van der Waals surface area (Å²) in [5.74, 6) is 1.03. The summed E-state index contributed by atoms with van der Waals surface area (Å²) in [6, 6.07) is 0. The van der Waals surface area contributed by atoms with Crippen LogP contribution in [-0.4, -0.2) is 9.97 Å². The molecular formula is C10H19BrN2. The Hall–Kier alpha value is -0.310. The number of hydrogen-bond acceptors (Lipinski definition) is 1. The summed E-state index contributed by atoms with van der Waals surface area (Å²) in [5, 5.41) is 0. The number of aryl methyl sites for hydroxylation is 2. The molecule has 0 unspecified atom stereocenters. The molecule has 0 spiro atoms. The maximum atomic E-state index is 4.35. The van der Waals surface area contributed by atoms with Gasteiger partial charge in [0.15, 0.2) is 0 Å². The number of rotatable bonds is 5. The van der Waals surface area contributed by atoms with Crippen LogP contribution in [0.3, 0.4) is 0 Å². The monoisotopic (exact) mass is 246 g/mol. The molecule has 0 aliphatic rings. The smallest absolute Gasteiger partial charge is 0.103 e. The largest absolute Gasteiger partial charge is 0.349 e. The van der Waals surface area contributed by atoms with E-state index in [4.69, 9.17) is 0 Å². The van der Waals surface area contributed by atoms with Crippen molar-refractivity contribution in [3.05, 3.63) is 17.7 Å². The van der Waals surface area contributed by atoms with Crippen LogP contribution in [0.15, 0.2) is 6.20 Å². The molecule has 76 valence electrons. The molecule has 1 N–H and O–H groups in total. The standard InChI is InChI=1S/C10H18N2.BrH/c1-3-4-5-6-7-10-8-11-9(2)12-10;/h8H,3-7H2,1-2H3,(H,11,12);1H. The average molecular weight is 247 g/mol. The topological polar surface area (TPSA) is 28.7 Å². The number of H-pyrrole nitrogens is 1. The normalized spacial score (nSPS) is 9.69. The number of nitrogens with zero attached hydrogens (tertiary/aromatic N) is 1. The van der Waals surface area contributed by atoms with Crippen LogP contribution < -0.4 is 0 Å². The highest BCUT2D eigenvalue weighted by Crippen LogP contribution is 2.05. The van der Waals surface area contributed by atoms with Crippen molar-refractivity contribution in [3.8, 4) is 0 Å². The van der Waals surface area contributed by atoms with Crippen LogP contribution in [0.1, 0.15) is 44.1 Å². The van der Waals surface area contributed by atoms with E-state index in [0.717, 1.165) is 12.2 Å². The number of nitrogens with one attached hydrogen (secondary N) is 1. The van der Waals surface area contributed by atoms with Gasteiger partial charge in [0, 0.05) is 6.20 Å². The summed E-state index contributed by atoms with van der Waals surface area (Å²) >= 11 is 0. The predicted octanol–water partition coefficient (Wildman–Crippen LogP) is 3.42. The predicted molar refractivity (Wildman–Crippen MR) is 61.5 cm³/mol. The third kappa shape index (κ3) is 5.09. The van der Waals surface area contributed by atoms with E-state index in [-0.39, 0.29) is 17.0 Å². The highest BCUT2D eigenvalue weighted by Gasteiger charge is 1.96. The Bertz CT molecular complexity index is 220. The Labute approximate surface area is 90.9 Å². The van der Waals surface area contributed by atoms with Crippen LogP contribution in [0.4, 0.5) is 0 Å². The molecule has 1 rings (SSSR count). The van der Waals surface area contributed by atoms with Crippen molar-refractivity contribution in [2.24, 2.45) is 0 Å². The molecule has 0 radical (unpaired) electrons. The molecule has 0 aliphatic heterocycles. The molecule has 2 nitrogen and oxygen atoms in total. The number of aromatic amines is 1. The third-order valence-electron chi connectivity index (χ3n) is 2.05. The van der Waals surface area contributed by atoms with E-state index >= 15 is 0 Å². The molecule has 0 amide bonds. The second kappa shape index (κ2) is 7.13. The van der Waals surface area contributed by atoms with Crippen LogP contribution in [-0.2, 0) is 6.42 Å². The summed E-state index contributed by atoms with van der Waals surface area (Å²) in [6.45, 7) is 4.23. The third-order valence-corrected chi connectivity index (χ3v) is 2.05. The lowest BCUT2D eigenvalue weighted by atomic mass is 10.1. The summed E-state index contributed by atoms with van der Waals surface area (Å²) in [5.41, 5.74) is 1.21. The quantitative estimate of drug-likeness (QED) is 0.793. The number of unbranched alkanes of at least 4 members (excludes halogenated alkanes) is 3. The minimum Gasteiger partial charge on any atom is -0.349 e. The first-order valence-electron chi connectivity index (χ1n) is 4.84. The van der Waals surface area contributed by atoms with Crippen molar-refractivity contribution in [3.63, 3.8) is 0 Å². The lowest BCUT2D eigenvalue weighted by Crippen LogP contribution is -1.85. The van der Waals surface area contributed by atoms with Crippen molar-refractivity contribution < 1.29 is 0 Å². The van der Waals surface area contributed by atoms with E-state index < -0.39 is 0 Å². The molecule has 0 fully saturated rings. The van der Waals surface area contributed by atoms with Gasteiger partial charge < -0.3 is 4.98 Å². The van der Waals surface area contributed by atoms with Gasteiger partial charge in [-0.05, 0) is 19.8 Å². The molecule has 1 heterocycles. The summed E-state index contributed by atoms with van der Waals surface area (Å²) < 4.78 is 0. The fourth-order valence-electron chi connectivity index (χ4n) is 1.33. The van der Waals surface area contributed by atoms with E-state index in [1.54, 1.807) is 0 Å². The Morgan fingerprint density at radius 3 is 2.62 bits per heavy atom. The number of hydrogen-bond donors (Lipinski definition) is 1. The maximum Gasteiger partial charge on any atom is 0.103 e. The van der Waals surface area contributed by atoms with Gasteiger partial charge in [-0.15, -0.1) is 17.0 Å². The molecule has 13 heavy (non-hydrogen) atoms. The van der Waals surface area contributed by atoms with E-state index in [0.29, 0.717) is 0 Å². The zero-order valence-corrected chi connectivity index (χ0v) is 10.2. The van der Waals surface area contributed by atoms with Gasteiger partial charge in [0.1, 0.15) is 5.82 Å². The number of aromatic nitrogens is 2. The highest BCUT2D eigenvalue weighted by atomic mass is 79.9. The minimum absolute atomic E-state index is 0. The lowest BCUT2D eigenvalue weighted by Gasteiger charge is -1.95. The van der Waals surface area contributed by atoms with Crippen LogP contribution in [0.25, 0.3) is 0 Å². The second-order valence-corrected chi connectivity index (χ2v) is 3.29. The fourth-order valence-corrected chi connectivity index (χ4v) is 1.33. The van der Waals surface area contributed by atoms with Crippen molar-refractivity contribution in [1.29, 1.82) is 0 Å². The van der Waals surface area contributed by atoms with Crippen LogP contribution >= 0.6 is 17.0 Å². The van der Waals surface area contributed by atoms with Crippen LogP contribution in [0.2, 0.25) is 0 Å². The van der Waals surface area contributed by atoms with Crippen molar-refractivity contribution in [1.82, 2.24) is 9.97 Å². The molecule has 1 aromatic heterocycles. The van der Waals surface area contributed by atoms with Crippen molar-refractivity contribution >= 4 is 17.0 Å². The van der Waals surface area contributed by atoms with Gasteiger partial charge in [0.2, 0.25) is 0 Å². The molecular weight excluding hydrogens is 228 g/mol. The van der Waals surface area contributed by atoms with E-state index in [9.17, 15) is 0 Å². The van der Waals surface area contributed by atoms with Gasteiger partial charge in [-0.25, -0.2) is 4.98 Å². The molecule has 1 aromatic rings. The minimum atomic E-state index is 0. The van der Waals surface area contributed by atoms with Gasteiger partial charge in [-0.3, -0.25) is 0 Å². The van der Waals surface area contributed by atoms with Gasteiger partial charge >= 0.3 is 0 Å². The summed E-state index contributed by atoms with van der Waals surface area (Å²) in [7, 11) is 0. The summed E-state index contributed by atoms with van der Waals surface area (Å²) in [6.07, 6.45) is 8.41. The first-order chi connectivity index (χ1) is 5.83. The Morgan fingerprint density at radius 1 is 1.31 bits per heavy atom. The van der Waals surface area contributed by atoms with Gasteiger partial charge in [0.05, 0.1) is 5.69 Å². The molecule has 0 saturated carbocycles. The van der Waals surface area contributed by atoms with E-state index in [1.807, 2.05) is 13.1 Å². The van der Waals surface area contributed by atoms with Gasteiger partial charge in [-0.2, -0.15) is 0 Å². The van der Waals surface area contributed by atoms with E-state index in [2.05, 4.69) is 16.9 Å². The SMILES string of the molecule is Br.CCCCCCc1c[nH]c(C)n1. The van der Waals surface area contributed by atoms with Gasteiger partial charge in [0.25, 0.3) is 0 Å². The van der Waals surface area contributed by atoms with E-state index in [1.165, 1.54) is 31.4 Å². The zero-order valence-electron chi connectivity index (χ0n) is 8.47. The van der Waals surface area contributed by atoms with Crippen LogP contribution in [0, 0.1) is 6.92 Å². The van der Waals surface area contributed by atoms with Crippen molar-refractivity contribution in [2.75, 3.05) is 0 Å². The number of halogens is 1. The first kappa shape index (κ1) is 12.7. The maximum absolute atomic E-state index is 4.35. The summed E-state index contributed by atoms with van der Waals surface area (Å²) in [4.78, 5) is 7.45. The van der Waals surface area contributed by atoms with Crippen molar-refractivity contribution in [2.45, 2.75) is 46.0 Å². The Balaban J connectivity index is 0.00000144. The molecule has 0 saturated heterocycles. The molecule has 3 heteroatoms. The second-order valence-electron chi connectivity index (χ2n) is 3.29. The molecule has 0 aromatic carbocycles. The average Bonchev–Trinajstić information content (AvgIpc) is 2.45. The molecule has 0 atom stereocenters. The Morgan fingerprint density at radius 2 is 2.08 bits per heavy atom. The Kier molecular flexibility index (Phi) is 6.96. The fraction of sp³-hybridized carbons (Fsp3) is 0.700. The highest BCUT2D eigenvalue weighted by molar-refractivity contribution is 8.93. The molecule has 0 bridgehead atoms. The molecule has 0 aliphatic carbocycles. The lowest BCUT2D eigenvalue weighted by molar-refractivity contribution is 0.661. The number of imidazole rings is 1. The van der Waals surface area contributed by atoms with Crippen LogP contribution in [0.5, 0.6) is 0 Å². The zero-order chi connectivity index (χ0) is 8.81. The first-order valence-corrected chi connectivity index (χ1v) is 4.84.